The van der Waals surface area contributed by atoms with Gasteiger partial charge in [-0.15, -0.1) is 0 Å². The number of piperazine rings is 1. The van der Waals surface area contributed by atoms with E-state index in [1.807, 2.05) is 0 Å². The molecule has 4 aromatic rings. The van der Waals surface area contributed by atoms with Gasteiger partial charge in [-0.25, -0.2) is 22.7 Å². The van der Waals surface area contributed by atoms with Crippen molar-refractivity contribution in [2.75, 3.05) is 26.2 Å². The highest BCUT2D eigenvalue weighted by molar-refractivity contribution is 6.35. The number of alkyl halides is 2. The molecule has 0 atom stereocenters. The van der Waals surface area contributed by atoms with Crippen molar-refractivity contribution in [1.82, 2.24) is 24.4 Å². The van der Waals surface area contributed by atoms with Crippen LogP contribution < -0.4 is 0 Å². The Bertz CT molecular complexity index is 1400. The van der Waals surface area contributed by atoms with E-state index in [1.54, 1.807) is 23.1 Å². The van der Waals surface area contributed by atoms with Crippen LogP contribution >= 0.6 is 23.2 Å². The van der Waals surface area contributed by atoms with E-state index in [4.69, 9.17) is 23.2 Å². The van der Waals surface area contributed by atoms with Gasteiger partial charge in [0.2, 0.25) is 0 Å². The number of benzene rings is 2. The molecule has 0 bridgehead atoms. The highest BCUT2D eigenvalue weighted by Gasteiger charge is 2.27. The lowest BCUT2D eigenvalue weighted by molar-refractivity contribution is 0.0630. The second-order valence-corrected chi connectivity index (χ2v) is 9.25. The van der Waals surface area contributed by atoms with Crippen molar-refractivity contribution in [2.24, 2.45) is 0 Å². The maximum absolute atomic E-state index is 13.8. The van der Waals surface area contributed by atoms with E-state index < -0.39 is 17.9 Å². The summed E-state index contributed by atoms with van der Waals surface area (Å²) in [6.45, 7) is 2.58. The van der Waals surface area contributed by atoms with Gasteiger partial charge in [-0.1, -0.05) is 29.3 Å². The number of nitrogens with zero attached hydrogens (tertiary/aromatic N) is 5. The van der Waals surface area contributed by atoms with E-state index in [1.165, 1.54) is 36.5 Å². The van der Waals surface area contributed by atoms with E-state index in [0.717, 1.165) is 10.1 Å². The van der Waals surface area contributed by atoms with Crippen LogP contribution in [-0.2, 0) is 6.54 Å². The van der Waals surface area contributed by atoms with Gasteiger partial charge in [0, 0.05) is 53.9 Å². The highest BCUT2D eigenvalue weighted by Crippen LogP contribution is 2.28. The molecule has 2 aromatic heterocycles. The average Bonchev–Trinajstić information content (AvgIpc) is 3.30. The van der Waals surface area contributed by atoms with Gasteiger partial charge in [0.25, 0.3) is 12.3 Å². The number of carbonyl (C=O) groups excluding carboxylic acids is 1. The molecule has 2 aromatic carbocycles. The van der Waals surface area contributed by atoms with Gasteiger partial charge in [0.15, 0.2) is 5.65 Å². The average molecular weight is 534 g/mol. The topological polar surface area (TPSA) is 53.7 Å². The fraction of sp³-hybridized carbons (Fsp3) is 0.240. The smallest absolute Gasteiger partial charge is 0.280 e. The Morgan fingerprint density at radius 2 is 1.67 bits per heavy atom. The fourth-order valence-electron chi connectivity index (χ4n) is 4.25. The summed E-state index contributed by atoms with van der Waals surface area (Å²) >= 11 is 12.6. The third-order valence-corrected chi connectivity index (χ3v) is 6.90. The molecule has 0 saturated carbocycles. The summed E-state index contributed by atoms with van der Waals surface area (Å²) in [6.07, 6.45) is -1.58. The number of rotatable bonds is 5. The number of carbonyl (C=O) groups is 1. The van der Waals surface area contributed by atoms with Crippen LogP contribution in [0.4, 0.5) is 13.2 Å². The molecule has 11 heteroatoms. The monoisotopic (exact) mass is 533 g/mol. The molecule has 5 rings (SSSR count). The molecule has 0 spiro atoms. The zero-order valence-electron chi connectivity index (χ0n) is 18.8. The molecule has 1 aliphatic heterocycles. The fourth-order valence-corrected chi connectivity index (χ4v) is 4.76. The van der Waals surface area contributed by atoms with Gasteiger partial charge in [-0.3, -0.25) is 9.69 Å². The first kappa shape index (κ1) is 24.5. The number of aromatic nitrogens is 3. The van der Waals surface area contributed by atoms with Crippen LogP contribution in [0.2, 0.25) is 10.0 Å². The maximum atomic E-state index is 13.8. The van der Waals surface area contributed by atoms with E-state index in [2.05, 4.69) is 15.0 Å². The van der Waals surface area contributed by atoms with Gasteiger partial charge in [0.05, 0.1) is 11.9 Å². The van der Waals surface area contributed by atoms with Gasteiger partial charge < -0.3 is 4.90 Å². The van der Waals surface area contributed by atoms with Gasteiger partial charge in [-0.05, 0) is 42.5 Å². The highest BCUT2D eigenvalue weighted by atomic mass is 35.5. The Morgan fingerprint density at radius 1 is 1.00 bits per heavy atom. The molecule has 6 nitrogen and oxygen atoms in total. The van der Waals surface area contributed by atoms with Crippen LogP contribution in [0.5, 0.6) is 0 Å². The molecule has 1 fully saturated rings. The summed E-state index contributed by atoms with van der Waals surface area (Å²) in [6, 6.07) is 11.9. The Balaban J connectivity index is 1.39. The van der Waals surface area contributed by atoms with Crippen LogP contribution in [0.1, 0.15) is 28.0 Å². The summed E-state index contributed by atoms with van der Waals surface area (Å²) in [7, 11) is 0. The maximum Gasteiger partial charge on any atom is 0.280 e. The molecule has 0 aliphatic carbocycles. The lowest BCUT2D eigenvalue weighted by Gasteiger charge is -2.34. The minimum atomic E-state index is -2.85. The van der Waals surface area contributed by atoms with Crippen LogP contribution in [0.3, 0.4) is 0 Å². The number of amides is 1. The summed E-state index contributed by atoms with van der Waals surface area (Å²) in [5.74, 6) is -0.797. The van der Waals surface area contributed by atoms with E-state index >= 15 is 0 Å². The second kappa shape index (κ2) is 10.1. The molecule has 1 aliphatic rings. The zero-order chi connectivity index (χ0) is 25.4. The quantitative estimate of drug-likeness (QED) is 0.328. The van der Waals surface area contributed by atoms with Crippen LogP contribution in [0, 0.1) is 5.82 Å². The summed E-state index contributed by atoms with van der Waals surface area (Å²) in [4.78, 5) is 21.6. The van der Waals surface area contributed by atoms with Crippen LogP contribution in [0.25, 0.3) is 16.9 Å². The molecule has 36 heavy (non-hydrogen) atoms. The molecular weight excluding hydrogens is 514 g/mol. The van der Waals surface area contributed by atoms with E-state index in [0.29, 0.717) is 48.3 Å². The minimum absolute atomic E-state index is 0.0300. The predicted molar refractivity (Wildman–Crippen MR) is 131 cm³/mol. The van der Waals surface area contributed by atoms with Gasteiger partial charge >= 0.3 is 0 Å². The number of hydrogen-bond donors (Lipinski definition) is 0. The molecule has 0 N–H and O–H groups in total. The SMILES string of the molecule is O=C(c1cnn2c(C(F)F)cc(-c3ccc(F)cc3)nc12)N1CCN(Cc2c(Cl)cccc2Cl)CC1. The summed E-state index contributed by atoms with van der Waals surface area (Å²) < 4.78 is 42.0. The molecular formula is C25H20Cl2F3N5O. The van der Waals surface area contributed by atoms with E-state index in [-0.39, 0.29) is 22.8 Å². The third-order valence-electron chi connectivity index (χ3n) is 6.20. The molecule has 0 unspecified atom stereocenters. The molecule has 1 saturated heterocycles. The van der Waals surface area contributed by atoms with Crippen LogP contribution in [0.15, 0.2) is 54.7 Å². The lowest BCUT2D eigenvalue weighted by atomic mass is 10.1. The predicted octanol–water partition coefficient (Wildman–Crippen LogP) is 5.74. The van der Waals surface area contributed by atoms with Crippen LogP contribution in [-0.4, -0.2) is 56.5 Å². The lowest BCUT2D eigenvalue weighted by Crippen LogP contribution is -2.48. The first-order valence-corrected chi connectivity index (χ1v) is 11.9. The Labute approximate surface area is 214 Å². The molecule has 186 valence electrons. The Hall–Kier alpha value is -3.14. The Morgan fingerprint density at radius 3 is 2.31 bits per heavy atom. The number of fused-ring (bicyclic) bond motifs is 1. The number of hydrogen-bond acceptors (Lipinski definition) is 4. The first-order chi connectivity index (χ1) is 17.3. The zero-order valence-corrected chi connectivity index (χ0v) is 20.4. The van der Waals surface area contributed by atoms with Crippen molar-refractivity contribution in [3.8, 4) is 11.3 Å². The minimum Gasteiger partial charge on any atom is -0.336 e. The second-order valence-electron chi connectivity index (χ2n) is 8.44. The van der Waals surface area contributed by atoms with Crippen molar-refractivity contribution < 1.29 is 18.0 Å². The first-order valence-electron chi connectivity index (χ1n) is 11.2. The molecule has 0 radical (unpaired) electrons. The van der Waals surface area contributed by atoms with Crippen molar-refractivity contribution >= 4 is 34.8 Å². The van der Waals surface area contributed by atoms with Crippen molar-refractivity contribution in [1.29, 1.82) is 0 Å². The third kappa shape index (κ3) is 4.78. The summed E-state index contributed by atoms with van der Waals surface area (Å²) in [5, 5.41) is 5.20. The number of halogens is 5. The van der Waals surface area contributed by atoms with E-state index in [9.17, 15) is 18.0 Å². The molecule has 3 heterocycles. The normalized spacial score (nSPS) is 14.7. The largest absolute Gasteiger partial charge is 0.336 e. The standard InChI is InChI=1S/C25H20Cl2F3N5O/c26-19-2-1-3-20(27)18(19)14-33-8-10-34(11-9-33)25(36)17-13-31-35-22(23(29)30)12-21(32-24(17)35)15-4-6-16(28)7-5-15/h1-7,12-13,23H,8-11,14H2. The summed E-state index contributed by atoms with van der Waals surface area (Å²) in [5.41, 5.74) is 1.24. The van der Waals surface area contributed by atoms with Crippen molar-refractivity contribution in [2.45, 2.75) is 13.0 Å². The Kier molecular flexibility index (Phi) is 6.87. The molecule has 1 amide bonds. The van der Waals surface area contributed by atoms with Gasteiger partial charge in [-0.2, -0.15) is 5.10 Å². The van der Waals surface area contributed by atoms with Crippen molar-refractivity contribution in [3.05, 3.63) is 87.4 Å². The van der Waals surface area contributed by atoms with Crippen molar-refractivity contribution in [3.63, 3.8) is 0 Å². The van der Waals surface area contributed by atoms with Gasteiger partial charge in [0.1, 0.15) is 17.1 Å².